The summed E-state index contributed by atoms with van der Waals surface area (Å²) < 4.78 is 10.1. The number of nitro groups is 1. The van der Waals surface area contributed by atoms with Crippen LogP contribution in [0.2, 0.25) is 0 Å². The maximum atomic E-state index is 12.9. The molecule has 0 aliphatic rings. The van der Waals surface area contributed by atoms with Crippen molar-refractivity contribution in [3.8, 4) is 0 Å². The van der Waals surface area contributed by atoms with Gasteiger partial charge in [0.15, 0.2) is 0 Å². The van der Waals surface area contributed by atoms with Crippen LogP contribution < -0.4 is 10.9 Å². The summed E-state index contributed by atoms with van der Waals surface area (Å²) in [6, 6.07) is 11.4. The number of hydrogen-bond acceptors (Lipinski definition) is 7. The van der Waals surface area contributed by atoms with E-state index in [1.807, 2.05) is 19.1 Å². The number of aryl methyl sites for hydroxylation is 1. The van der Waals surface area contributed by atoms with E-state index in [4.69, 9.17) is 9.15 Å². The van der Waals surface area contributed by atoms with Crippen LogP contribution in [0, 0.1) is 17.0 Å². The third-order valence-corrected chi connectivity index (χ3v) is 4.63. The molecule has 160 valence electrons. The largest absolute Gasteiger partial charge is 0.466 e. The Bertz CT molecular complexity index is 1200. The molecule has 9 nitrogen and oxygen atoms in total. The predicted octanol–water partition coefficient (Wildman–Crippen LogP) is 3.43. The molecule has 1 amide bonds. The molecule has 9 heteroatoms. The van der Waals surface area contributed by atoms with Crippen molar-refractivity contribution in [1.29, 1.82) is 0 Å². The number of non-ortho nitro benzene ring substituents is 1. The molecule has 0 aliphatic heterocycles. The number of esters is 1. The van der Waals surface area contributed by atoms with Crippen molar-refractivity contribution >= 4 is 28.5 Å². The van der Waals surface area contributed by atoms with E-state index in [-0.39, 0.29) is 35.2 Å². The molecule has 0 radical (unpaired) electrons. The molecule has 1 heterocycles. The maximum absolute atomic E-state index is 12.9. The Labute approximate surface area is 176 Å². The van der Waals surface area contributed by atoms with Gasteiger partial charge in [0.2, 0.25) is 0 Å². The first-order valence-corrected chi connectivity index (χ1v) is 9.54. The van der Waals surface area contributed by atoms with E-state index >= 15 is 0 Å². The molecule has 3 aromatic rings. The zero-order chi connectivity index (χ0) is 22.5. The van der Waals surface area contributed by atoms with Crippen LogP contribution in [0.4, 0.5) is 5.69 Å². The fourth-order valence-corrected chi connectivity index (χ4v) is 3.06. The molecule has 1 aromatic heterocycles. The minimum absolute atomic E-state index is 0.119. The van der Waals surface area contributed by atoms with Crippen molar-refractivity contribution in [1.82, 2.24) is 5.32 Å². The van der Waals surface area contributed by atoms with Gasteiger partial charge in [-0.2, -0.15) is 0 Å². The van der Waals surface area contributed by atoms with Crippen molar-refractivity contribution < 1.29 is 23.7 Å². The number of fused-ring (bicyclic) bond motifs is 1. The van der Waals surface area contributed by atoms with Gasteiger partial charge in [-0.3, -0.25) is 19.7 Å². The minimum atomic E-state index is -0.891. The molecular formula is C22H20N2O7. The normalized spacial score (nSPS) is 11.7. The molecule has 0 fully saturated rings. The average molecular weight is 424 g/mol. The van der Waals surface area contributed by atoms with Gasteiger partial charge < -0.3 is 14.5 Å². The first kappa shape index (κ1) is 21.7. The Morgan fingerprint density at radius 1 is 1.16 bits per heavy atom. The van der Waals surface area contributed by atoms with E-state index in [0.717, 1.165) is 5.56 Å². The quantitative estimate of drug-likeness (QED) is 0.266. The molecule has 0 bridgehead atoms. The lowest BCUT2D eigenvalue weighted by atomic mass is 10.0. The molecule has 2 aromatic carbocycles. The number of rotatable bonds is 7. The molecule has 0 aliphatic carbocycles. The van der Waals surface area contributed by atoms with Crippen LogP contribution >= 0.6 is 0 Å². The molecule has 0 saturated heterocycles. The van der Waals surface area contributed by atoms with Crippen molar-refractivity contribution in [3.05, 3.63) is 85.8 Å². The maximum Gasteiger partial charge on any atom is 0.349 e. The third kappa shape index (κ3) is 5.13. The van der Waals surface area contributed by atoms with Crippen LogP contribution in [-0.2, 0) is 9.53 Å². The second-order valence-electron chi connectivity index (χ2n) is 6.87. The number of nitrogens with one attached hydrogen (secondary N) is 1. The number of ether oxygens (including phenoxy) is 1. The molecule has 0 unspecified atom stereocenters. The van der Waals surface area contributed by atoms with E-state index in [2.05, 4.69) is 5.32 Å². The second kappa shape index (κ2) is 9.21. The van der Waals surface area contributed by atoms with Crippen LogP contribution in [0.15, 0.2) is 57.7 Å². The van der Waals surface area contributed by atoms with Gasteiger partial charge in [0.05, 0.1) is 24.0 Å². The number of carbonyl (C=O) groups is 2. The summed E-state index contributed by atoms with van der Waals surface area (Å²) in [5.41, 5.74) is 0.363. The van der Waals surface area contributed by atoms with E-state index in [9.17, 15) is 24.5 Å². The average Bonchev–Trinajstić information content (AvgIpc) is 2.73. The lowest BCUT2D eigenvalue weighted by Gasteiger charge is -2.18. The summed E-state index contributed by atoms with van der Waals surface area (Å²) >= 11 is 0. The standard InChI is InChI=1S/C22H20N2O7/c1-3-30-20(25)12-18(14-6-4-13(2)5-7-14)23-21(26)17-11-15-10-16(24(28)29)8-9-19(15)31-22(17)27/h4-11,18H,3,12H2,1-2H3,(H,23,26)/t18-/m0/s1. The van der Waals surface area contributed by atoms with Gasteiger partial charge in [0.25, 0.3) is 11.6 Å². The van der Waals surface area contributed by atoms with Gasteiger partial charge in [-0.15, -0.1) is 0 Å². The highest BCUT2D eigenvalue weighted by atomic mass is 16.6. The molecular weight excluding hydrogens is 404 g/mol. The smallest absolute Gasteiger partial charge is 0.349 e. The van der Waals surface area contributed by atoms with Gasteiger partial charge >= 0.3 is 11.6 Å². The summed E-state index contributed by atoms with van der Waals surface area (Å²) in [7, 11) is 0. The highest BCUT2D eigenvalue weighted by Gasteiger charge is 2.23. The third-order valence-electron chi connectivity index (χ3n) is 4.63. The lowest BCUT2D eigenvalue weighted by Crippen LogP contribution is -2.33. The molecule has 3 rings (SSSR count). The lowest BCUT2D eigenvalue weighted by molar-refractivity contribution is -0.384. The van der Waals surface area contributed by atoms with Gasteiger partial charge in [-0.25, -0.2) is 4.79 Å². The van der Waals surface area contributed by atoms with Gasteiger partial charge in [-0.05, 0) is 31.5 Å². The SMILES string of the molecule is CCOC(=O)C[C@H](NC(=O)c1cc2cc([N+](=O)[O-])ccc2oc1=O)c1ccc(C)cc1. The Morgan fingerprint density at radius 3 is 2.52 bits per heavy atom. The summed E-state index contributed by atoms with van der Waals surface area (Å²) in [6.07, 6.45) is -0.132. The van der Waals surface area contributed by atoms with Crippen molar-refractivity contribution in [2.24, 2.45) is 0 Å². The topological polar surface area (TPSA) is 129 Å². The van der Waals surface area contributed by atoms with E-state index < -0.39 is 28.5 Å². The Morgan fingerprint density at radius 2 is 1.87 bits per heavy atom. The Kier molecular flexibility index (Phi) is 6.44. The molecule has 1 atom stereocenters. The summed E-state index contributed by atoms with van der Waals surface area (Å²) in [5, 5.41) is 13.9. The molecule has 0 saturated carbocycles. The van der Waals surface area contributed by atoms with Crippen LogP contribution in [0.25, 0.3) is 11.0 Å². The van der Waals surface area contributed by atoms with Crippen molar-refractivity contribution in [2.75, 3.05) is 6.61 Å². The zero-order valence-electron chi connectivity index (χ0n) is 16.9. The van der Waals surface area contributed by atoms with Crippen LogP contribution in [0.5, 0.6) is 0 Å². The zero-order valence-corrected chi connectivity index (χ0v) is 16.9. The monoisotopic (exact) mass is 424 g/mol. The fourth-order valence-electron chi connectivity index (χ4n) is 3.06. The van der Waals surface area contributed by atoms with Crippen LogP contribution in [-0.4, -0.2) is 23.4 Å². The second-order valence-corrected chi connectivity index (χ2v) is 6.87. The number of nitro benzene ring substituents is 1. The number of carbonyl (C=O) groups excluding carboxylic acids is 2. The van der Waals surface area contributed by atoms with Gasteiger partial charge in [0.1, 0.15) is 11.1 Å². The van der Waals surface area contributed by atoms with E-state index in [0.29, 0.717) is 5.56 Å². The van der Waals surface area contributed by atoms with Gasteiger partial charge in [0, 0.05) is 17.5 Å². The highest BCUT2D eigenvalue weighted by molar-refractivity contribution is 5.97. The minimum Gasteiger partial charge on any atom is -0.466 e. The van der Waals surface area contributed by atoms with E-state index in [1.54, 1.807) is 19.1 Å². The highest BCUT2D eigenvalue weighted by Crippen LogP contribution is 2.22. The Hall–Kier alpha value is -4.01. The summed E-state index contributed by atoms with van der Waals surface area (Å²) in [6.45, 7) is 3.78. The van der Waals surface area contributed by atoms with Crippen LogP contribution in [0.1, 0.15) is 40.9 Å². The fraction of sp³-hybridized carbons (Fsp3) is 0.227. The van der Waals surface area contributed by atoms with Crippen LogP contribution in [0.3, 0.4) is 0 Å². The summed E-state index contributed by atoms with van der Waals surface area (Å²) in [5.74, 6) is -1.27. The molecule has 1 N–H and O–H groups in total. The molecule has 31 heavy (non-hydrogen) atoms. The number of hydrogen-bond donors (Lipinski definition) is 1. The number of nitrogens with zero attached hydrogens (tertiary/aromatic N) is 1. The first-order valence-electron chi connectivity index (χ1n) is 9.54. The Balaban J connectivity index is 1.94. The van der Waals surface area contributed by atoms with Crippen molar-refractivity contribution in [2.45, 2.75) is 26.3 Å². The van der Waals surface area contributed by atoms with E-state index in [1.165, 1.54) is 24.3 Å². The van der Waals surface area contributed by atoms with Crippen molar-refractivity contribution in [3.63, 3.8) is 0 Å². The predicted molar refractivity (Wildman–Crippen MR) is 112 cm³/mol. The van der Waals surface area contributed by atoms with Gasteiger partial charge in [-0.1, -0.05) is 29.8 Å². The molecule has 0 spiro atoms. The number of benzene rings is 2. The first-order chi connectivity index (χ1) is 14.8. The summed E-state index contributed by atoms with van der Waals surface area (Å²) in [4.78, 5) is 47.6. The number of amides is 1.